The van der Waals surface area contributed by atoms with Gasteiger partial charge in [0.15, 0.2) is 5.78 Å². The maximum atomic E-state index is 14.8. The number of hydrogen-bond donors (Lipinski definition) is 21. The van der Waals surface area contributed by atoms with E-state index in [1.54, 1.807) is 23.6 Å². The fraction of sp³-hybridized carbons (Fsp3) is 0.528. The van der Waals surface area contributed by atoms with Gasteiger partial charge in [-0.25, -0.2) is 4.79 Å². The molecule has 1 saturated heterocycles. The molecule has 0 spiro atoms. The number of nitrogens with two attached hydrogens (primary N) is 3. The molecule has 4 rings (SSSR count). The van der Waals surface area contributed by atoms with E-state index in [9.17, 15) is 121 Å². The molecule has 2 heterocycles. The number of thiophene rings is 1. The zero-order chi connectivity index (χ0) is 85.8. The van der Waals surface area contributed by atoms with Crippen LogP contribution >= 0.6 is 11.3 Å². The number of ketones is 1. The first-order chi connectivity index (χ1) is 54.4. The zero-order valence-corrected chi connectivity index (χ0v) is 64.3. The van der Waals surface area contributed by atoms with Crippen molar-refractivity contribution < 1.29 is 126 Å². The summed E-state index contributed by atoms with van der Waals surface area (Å²) in [6.07, 6.45) is -3.80. The number of aliphatic hydroxyl groups excluding tert-OH is 1. The second kappa shape index (κ2) is 47.9. The third kappa shape index (κ3) is 32.8. The van der Waals surface area contributed by atoms with Crippen LogP contribution < -0.4 is 86.3 Å². The Morgan fingerprint density at radius 1 is 0.557 bits per heavy atom. The fourth-order valence-electron chi connectivity index (χ4n) is 11.6. The highest BCUT2D eigenvalue weighted by Crippen LogP contribution is 2.27. The lowest BCUT2D eigenvalue weighted by Crippen LogP contribution is -2.62. The first kappa shape index (κ1) is 95.1. The molecule has 2 aromatic carbocycles. The Labute approximate surface area is 661 Å². The predicted octanol–water partition coefficient (Wildman–Crippen LogP) is -4.89. The van der Waals surface area contributed by atoms with Crippen LogP contribution in [-0.4, -0.2) is 243 Å². The Morgan fingerprint density at radius 2 is 1.10 bits per heavy atom. The monoisotopic (exact) mass is 1640 g/mol. The molecule has 42 nitrogen and oxygen atoms in total. The minimum atomic E-state index is -2.45. The van der Waals surface area contributed by atoms with E-state index in [1.807, 2.05) is 22.0 Å². The molecule has 0 saturated carbocycles. The number of anilines is 1. The molecule has 1 fully saturated rings. The van der Waals surface area contributed by atoms with Gasteiger partial charge < -0.3 is 117 Å². The summed E-state index contributed by atoms with van der Waals surface area (Å²) >= 11 is 1.33. The number of esters is 1. The number of ether oxygens (including phenoxy) is 1. The summed E-state index contributed by atoms with van der Waals surface area (Å²) in [5.41, 5.74) is 17.5. The number of primary amides is 1. The number of nitrogens with one attached hydrogen (secondary N) is 13. The molecule has 115 heavy (non-hydrogen) atoms. The number of unbranched alkanes of at least 4 members (excludes halogenated alkanes) is 6. The molecule has 1 aliphatic rings. The number of nitrogen functional groups attached to an aromatic ring is 1. The quantitative estimate of drug-likeness (QED) is 0.0114. The minimum absolute atomic E-state index is 0.00818. The van der Waals surface area contributed by atoms with E-state index in [0.717, 1.165) is 63.0 Å². The van der Waals surface area contributed by atoms with Gasteiger partial charge in [-0.2, -0.15) is 0 Å². The van der Waals surface area contributed by atoms with Gasteiger partial charge in [0.1, 0.15) is 72.6 Å². The summed E-state index contributed by atoms with van der Waals surface area (Å²) in [5.74, 6) is -29.7. The number of carboxylic acids is 4. The lowest BCUT2D eigenvalue weighted by Gasteiger charge is -2.30. The molecule has 1 aliphatic heterocycles. The van der Waals surface area contributed by atoms with Crippen molar-refractivity contribution in [1.82, 2.24) is 69.1 Å². The molecule has 0 aliphatic carbocycles. The van der Waals surface area contributed by atoms with E-state index < -0.39 is 261 Å². The molecule has 14 amide bonds. The summed E-state index contributed by atoms with van der Waals surface area (Å²) in [6, 6.07) is -10.3. The van der Waals surface area contributed by atoms with Crippen LogP contribution in [0, 0.1) is 5.92 Å². The number of aliphatic carboxylic acids is 4. The van der Waals surface area contributed by atoms with Crippen molar-refractivity contribution in [3.8, 4) is 0 Å². The van der Waals surface area contributed by atoms with Crippen LogP contribution in [0.25, 0.3) is 10.1 Å². The van der Waals surface area contributed by atoms with Crippen LogP contribution in [-0.2, 0) is 102 Å². The van der Waals surface area contributed by atoms with Crippen molar-refractivity contribution in [3.05, 3.63) is 65.0 Å². The van der Waals surface area contributed by atoms with Crippen molar-refractivity contribution >= 4 is 145 Å². The van der Waals surface area contributed by atoms with E-state index in [2.05, 4.69) is 60.1 Å². The number of cyclic esters (lactones) is 1. The van der Waals surface area contributed by atoms with Crippen LogP contribution in [0.4, 0.5) is 5.69 Å². The molecule has 0 radical (unpaired) electrons. The van der Waals surface area contributed by atoms with E-state index in [-0.39, 0.29) is 37.1 Å². The Bertz CT molecular complexity index is 4050. The number of rotatable bonds is 35. The summed E-state index contributed by atoms with van der Waals surface area (Å²) < 4.78 is 6.50. The standard InChI is InChI=1S/C72H100N16O26S/c1-5-6-7-8-9-10-11-22-53(92)80-43(25-38-34-115-51-21-15-13-17-39(38)51)66(107)83-44(27-52(75)91)67(108)85-47(30-59(101)102)68(109)88-61-37(4)114-72(113)48(26-50(90)40-18-12-14-19-41(40)74)86-71(112)60(35(2)24-56(95)96)87-69(110)49(33-89)81-55(94)31-76-63(104)45(28-57(97)98)82-62(103)36(3)78-65(106)46(29-58(99)100)84-64(105)42(20-16-23-73)79-54(93)32-77-70(61)111/h12-15,17-19,21,34-37,42-49,60-61,89H,5-11,16,20,22-33,73-74H2,1-4H3,(H2,75,91)(H,76,104)(H,77,111)(H,78,106)(H,79,93)(H,80,92)(H,81,94)(H,82,103)(H,83,107)(H,84,105)(H,85,108)(H,86,112)(H,87,110)(H,88,109)(H,95,96)(H,97,98)(H,99,100)(H,101,102)/t35-,36+,37+,42-,43-,44-,45-,46-,47-,48-,49+,60-,61-/m0/s1. The summed E-state index contributed by atoms with van der Waals surface area (Å²) in [6.45, 7) is 1.13. The van der Waals surface area contributed by atoms with Crippen LogP contribution in [0.2, 0.25) is 0 Å². The number of aliphatic hydroxyl groups is 1. The van der Waals surface area contributed by atoms with E-state index >= 15 is 0 Å². The van der Waals surface area contributed by atoms with E-state index in [4.69, 9.17) is 21.9 Å². The Balaban J connectivity index is 1.87. The highest BCUT2D eigenvalue weighted by Gasteiger charge is 2.41. The second-order valence-electron chi connectivity index (χ2n) is 27.1. The number of hydrogen-bond acceptors (Lipinski definition) is 25. The molecule has 13 atom stereocenters. The molecule has 43 heteroatoms. The van der Waals surface area contributed by atoms with E-state index in [0.29, 0.717) is 18.4 Å². The van der Waals surface area contributed by atoms with Gasteiger partial charge in [-0.3, -0.25) is 91.1 Å². The number of para-hydroxylation sites is 1. The Hall–Kier alpha value is -12.3. The third-order valence-corrected chi connectivity index (χ3v) is 18.8. The summed E-state index contributed by atoms with van der Waals surface area (Å²) in [4.78, 5) is 273. The Morgan fingerprint density at radius 3 is 1.70 bits per heavy atom. The second-order valence-corrected chi connectivity index (χ2v) is 28.1. The average Bonchev–Trinajstić information content (AvgIpc) is 1.72. The van der Waals surface area contributed by atoms with Crippen molar-refractivity contribution in [1.29, 1.82) is 0 Å². The predicted molar refractivity (Wildman–Crippen MR) is 404 cm³/mol. The summed E-state index contributed by atoms with van der Waals surface area (Å²) in [7, 11) is 0. The smallest absolute Gasteiger partial charge is 0.329 e. The number of fused-ring (bicyclic) bond motifs is 1. The van der Waals surface area contributed by atoms with Crippen molar-refractivity contribution in [3.63, 3.8) is 0 Å². The Kier molecular flexibility index (Phi) is 39.6. The van der Waals surface area contributed by atoms with Crippen molar-refractivity contribution in [2.75, 3.05) is 32.0 Å². The number of carbonyl (C=O) groups excluding carboxylic acids is 16. The lowest BCUT2D eigenvalue weighted by atomic mass is 9.96. The number of Topliss-reactive ketones (excluding diaryl/α,β-unsaturated/α-hetero) is 1. The molecular weight excluding hydrogens is 1540 g/mol. The van der Waals surface area contributed by atoms with Gasteiger partial charge >= 0.3 is 29.8 Å². The molecule has 0 unspecified atom stereocenters. The molecule has 1 aromatic heterocycles. The molecular formula is C72H100N16O26S. The van der Waals surface area contributed by atoms with Crippen LogP contribution in [0.15, 0.2) is 53.9 Å². The van der Waals surface area contributed by atoms with Crippen molar-refractivity contribution in [2.45, 2.75) is 209 Å². The first-order valence-corrected chi connectivity index (χ1v) is 37.6. The van der Waals surface area contributed by atoms with Gasteiger partial charge in [0.2, 0.25) is 82.7 Å². The third-order valence-electron chi connectivity index (χ3n) is 17.7. The number of amides is 14. The van der Waals surface area contributed by atoms with Gasteiger partial charge in [-0.1, -0.05) is 82.7 Å². The zero-order valence-electron chi connectivity index (χ0n) is 63.5. The first-order valence-electron chi connectivity index (χ1n) is 36.7. The SMILES string of the molecule is CCCCCCCCCC(=O)N[C@@H](Cc1csc2ccccc12)C(=O)N[C@@H](CC(N)=O)C(=O)N[C@@H](CC(=O)O)C(=O)N[C@@H]1C(=O)NCC(=O)N[C@@H](CCCN)C(=O)N[C@@H](CC(=O)O)C(=O)N[C@H](C)C(=O)N[C@@H](CC(=O)O)C(=O)NCC(=O)N[C@H](CO)C(=O)N[C@@H]([C@@H](C)CC(=O)O)C(=O)N[C@@H](CC(=O)c2ccccc2N)C(=O)O[C@@H]1C. The minimum Gasteiger partial charge on any atom is -0.481 e. The molecule has 0 bridgehead atoms. The lowest BCUT2D eigenvalue weighted by molar-refractivity contribution is -0.156. The highest BCUT2D eigenvalue weighted by atomic mass is 32.1. The van der Waals surface area contributed by atoms with Crippen LogP contribution in [0.1, 0.15) is 146 Å². The fourth-order valence-corrected chi connectivity index (χ4v) is 12.6. The van der Waals surface area contributed by atoms with Gasteiger partial charge in [0, 0.05) is 35.2 Å². The van der Waals surface area contributed by atoms with Crippen LogP contribution in [0.3, 0.4) is 0 Å². The highest BCUT2D eigenvalue weighted by molar-refractivity contribution is 7.17. The largest absolute Gasteiger partial charge is 0.481 e. The maximum absolute atomic E-state index is 14.8. The number of benzene rings is 2. The van der Waals surface area contributed by atoms with Gasteiger partial charge in [-0.05, 0) is 80.1 Å². The van der Waals surface area contributed by atoms with E-state index in [1.165, 1.54) is 35.6 Å². The van der Waals surface area contributed by atoms with Gasteiger partial charge in [0.05, 0.1) is 51.8 Å². The molecule has 3 aromatic rings. The number of carbonyl (C=O) groups is 20. The summed E-state index contributed by atoms with van der Waals surface area (Å²) in [5, 5.41) is 80.5. The van der Waals surface area contributed by atoms with Gasteiger partial charge in [-0.15, -0.1) is 11.3 Å². The normalized spacial score (nSPS) is 21.2. The molecule has 630 valence electrons. The van der Waals surface area contributed by atoms with Crippen molar-refractivity contribution in [2.24, 2.45) is 17.4 Å². The average molecular weight is 1640 g/mol. The van der Waals surface area contributed by atoms with Crippen LogP contribution in [0.5, 0.6) is 0 Å². The molecule has 24 N–H and O–H groups in total. The maximum Gasteiger partial charge on any atom is 0.329 e. The number of carboxylic acid groups (broad SMARTS) is 4. The van der Waals surface area contributed by atoms with Gasteiger partial charge in [0.25, 0.3) is 0 Å². The topological polar surface area (TPSA) is 686 Å².